The van der Waals surface area contributed by atoms with E-state index in [9.17, 15) is 9.59 Å². The first-order valence-corrected chi connectivity index (χ1v) is 10.9. The van der Waals surface area contributed by atoms with Crippen LogP contribution >= 0.6 is 0 Å². The van der Waals surface area contributed by atoms with Crippen molar-refractivity contribution in [1.82, 2.24) is 10.2 Å². The van der Waals surface area contributed by atoms with Crippen LogP contribution in [0.3, 0.4) is 0 Å². The zero-order valence-corrected chi connectivity index (χ0v) is 18.8. The monoisotopic (exact) mass is 423 g/mol. The Hall–Kier alpha value is -3.02. The quantitative estimate of drug-likeness (QED) is 0.699. The zero-order chi connectivity index (χ0) is 22.2. The molecule has 6 heteroatoms. The number of piperidine rings is 1. The second-order valence-electron chi connectivity index (χ2n) is 8.19. The van der Waals surface area contributed by atoms with Gasteiger partial charge in [0.2, 0.25) is 11.8 Å². The number of anilines is 1. The first-order valence-electron chi connectivity index (χ1n) is 10.9. The lowest BCUT2D eigenvalue weighted by atomic mass is 10.0. The van der Waals surface area contributed by atoms with Gasteiger partial charge < -0.3 is 19.9 Å². The number of rotatable bonds is 8. The van der Waals surface area contributed by atoms with E-state index in [1.807, 2.05) is 24.3 Å². The third-order valence-electron chi connectivity index (χ3n) is 5.78. The van der Waals surface area contributed by atoms with Gasteiger partial charge in [0.1, 0.15) is 5.75 Å². The van der Waals surface area contributed by atoms with E-state index in [1.54, 1.807) is 19.1 Å². The van der Waals surface area contributed by atoms with Crippen LogP contribution in [0.15, 0.2) is 48.5 Å². The number of nitrogens with zero attached hydrogens (tertiary/aromatic N) is 2. The molecule has 1 saturated heterocycles. The van der Waals surface area contributed by atoms with Gasteiger partial charge >= 0.3 is 0 Å². The SMILES string of the molecule is COc1ccc([C@H](CC(=O)N(C)Cc2ccc(N3CCCCC3)cc2)NC(C)=O)cc1. The van der Waals surface area contributed by atoms with E-state index in [0.717, 1.165) is 30.0 Å². The molecule has 166 valence electrons. The van der Waals surface area contributed by atoms with Crippen molar-refractivity contribution in [2.24, 2.45) is 0 Å². The van der Waals surface area contributed by atoms with Gasteiger partial charge in [0.25, 0.3) is 0 Å². The molecule has 2 aromatic carbocycles. The summed E-state index contributed by atoms with van der Waals surface area (Å²) in [5, 5.41) is 2.89. The molecule has 2 amide bonds. The molecule has 1 heterocycles. The molecular weight excluding hydrogens is 390 g/mol. The van der Waals surface area contributed by atoms with Crippen molar-refractivity contribution in [2.45, 2.75) is 45.2 Å². The van der Waals surface area contributed by atoms with Crippen LogP contribution in [0.1, 0.15) is 49.8 Å². The third kappa shape index (κ3) is 6.48. The van der Waals surface area contributed by atoms with Crippen molar-refractivity contribution < 1.29 is 14.3 Å². The normalized spacial score (nSPS) is 14.6. The van der Waals surface area contributed by atoms with Gasteiger partial charge in [-0.2, -0.15) is 0 Å². The van der Waals surface area contributed by atoms with E-state index < -0.39 is 0 Å². The molecule has 0 aromatic heterocycles. The van der Waals surface area contributed by atoms with Crippen LogP contribution in [0.5, 0.6) is 5.75 Å². The molecule has 0 spiro atoms. The number of carbonyl (C=O) groups excluding carboxylic acids is 2. The van der Waals surface area contributed by atoms with Gasteiger partial charge in [0.05, 0.1) is 19.6 Å². The molecule has 0 unspecified atom stereocenters. The van der Waals surface area contributed by atoms with Crippen LogP contribution in [0.2, 0.25) is 0 Å². The molecule has 0 aliphatic carbocycles. The standard InChI is InChI=1S/C25H33N3O3/c1-19(29)26-24(21-9-13-23(31-3)14-10-21)17-25(30)27(2)18-20-7-11-22(12-8-20)28-15-5-4-6-16-28/h7-14,24H,4-6,15-18H2,1-3H3,(H,26,29)/t24-/m0/s1. The topological polar surface area (TPSA) is 61.9 Å². The molecular formula is C25H33N3O3. The average Bonchev–Trinajstić information content (AvgIpc) is 2.79. The van der Waals surface area contributed by atoms with Gasteiger partial charge in [-0.25, -0.2) is 0 Å². The molecule has 0 radical (unpaired) electrons. The molecule has 1 fully saturated rings. The summed E-state index contributed by atoms with van der Waals surface area (Å²) in [7, 11) is 3.41. The number of nitrogens with one attached hydrogen (secondary N) is 1. The fraction of sp³-hybridized carbons (Fsp3) is 0.440. The Morgan fingerprint density at radius 3 is 2.26 bits per heavy atom. The number of carbonyl (C=O) groups is 2. The number of benzene rings is 2. The van der Waals surface area contributed by atoms with Crippen molar-refractivity contribution in [3.63, 3.8) is 0 Å². The van der Waals surface area contributed by atoms with Crippen molar-refractivity contribution in [2.75, 3.05) is 32.1 Å². The van der Waals surface area contributed by atoms with Crippen LogP contribution < -0.4 is 15.0 Å². The predicted octanol–water partition coefficient (Wildman–Crippen LogP) is 3.91. The number of ether oxygens (including phenoxy) is 1. The lowest BCUT2D eigenvalue weighted by Crippen LogP contribution is -2.33. The lowest BCUT2D eigenvalue weighted by Gasteiger charge is -2.29. The highest BCUT2D eigenvalue weighted by Gasteiger charge is 2.20. The van der Waals surface area contributed by atoms with E-state index >= 15 is 0 Å². The summed E-state index contributed by atoms with van der Waals surface area (Å²) in [5.41, 5.74) is 3.23. The average molecular weight is 424 g/mol. The van der Waals surface area contributed by atoms with E-state index in [0.29, 0.717) is 6.54 Å². The maximum absolute atomic E-state index is 12.9. The van der Waals surface area contributed by atoms with E-state index in [1.165, 1.54) is 31.9 Å². The highest BCUT2D eigenvalue weighted by atomic mass is 16.5. The smallest absolute Gasteiger partial charge is 0.225 e. The zero-order valence-electron chi connectivity index (χ0n) is 18.8. The van der Waals surface area contributed by atoms with E-state index in [4.69, 9.17) is 4.74 Å². The number of hydrogen-bond acceptors (Lipinski definition) is 4. The minimum Gasteiger partial charge on any atom is -0.497 e. The third-order valence-corrected chi connectivity index (χ3v) is 5.78. The van der Waals surface area contributed by atoms with Crippen LogP contribution in [0.4, 0.5) is 5.69 Å². The van der Waals surface area contributed by atoms with E-state index in [2.05, 4.69) is 34.5 Å². The highest BCUT2D eigenvalue weighted by molar-refractivity contribution is 5.79. The van der Waals surface area contributed by atoms with Gasteiger partial charge in [0, 0.05) is 39.3 Å². The summed E-state index contributed by atoms with van der Waals surface area (Å²) < 4.78 is 5.20. The fourth-order valence-corrected chi connectivity index (χ4v) is 3.99. The van der Waals surface area contributed by atoms with E-state index in [-0.39, 0.29) is 24.3 Å². The van der Waals surface area contributed by atoms with Crippen molar-refractivity contribution >= 4 is 17.5 Å². The Labute approximate surface area is 185 Å². The highest BCUT2D eigenvalue weighted by Crippen LogP contribution is 2.23. The number of hydrogen-bond donors (Lipinski definition) is 1. The first-order chi connectivity index (χ1) is 15.0. The fourth-order valence-electron chi connectivity index (χ4n) is 3.99. The van der Waals surface area contributed by atoms with Crippen LogP contribution in [-0.4, -0.2) is 44.0 Å². The second-order valence-corrected chi connectivity index (χ2v) is 8.19. The van der Waals surface area contributed by atoms with Gasteiger partial charge in [0.15, 0.2) is 0 Å². The Morgan fingerprint density at radius 1 is 1.03 bits per heavy atom. The molecule has 6 nitrogen and oxygen atoms in total. The van der Waals surface area contributed by atoms with Crippen LogP contribution in [0, 0.1) is 0 Å². The van der Waals surface area contributed by atoms with Crippen LogP contribution in [-0.2, 0) is 16.1 Å². The molecule has 3 rings (SSSR count). The first kappa shape index (κ1) is 22.7. The van der Waals surface area contributed by atoms with Crippen molar-refractivity contribution in [1.29, 1.82) is 0 Å². The van der Waals surface area contributed by atoms with Crippen molar-refractivity contribution in [3.8, 4) is 5.75 Å². The van der Waals surface area contributed by atoms with Gasteiger partial charge in [-0.3, -0.25) is 9.59 Å². The largest absolute Gasteiger partial charge is 0.497 e. The summed E-state index contributed by atoms with van der Waals surface area (Å²) in [6.45, 7) is 4.24. The minimum absolute atomic E-state index is 0.0188. The molecule has 1 atom stereocenters. The van der Waals surface area contributed by atoms with Gasteiger partial charge in [-0.1, -0.05) is 24.3 Å². The summed E-state index contributed by atoms with van der Waals surface area (Å²) in [4.78, 5) is 28.7. The Kier molecular flexibility index (Phi) is 7.93. The van der Waals surface area contributed by atoms with Crippen LogP contribution in [0.25, 0.3) is 0 Å². The lowest BCUT2D eigenvalue weighted by molar-refractivity contribution is -0.131. The molecule has 1 aliphatic heterocycles. The van der Waals surface area contributed by atoms with Gasteiger partial charge in [-0.15, -0.1) is 0 Å². The van der Waals surface area contributed by atoms with Crippen molar-refractivity contribution in [3.05, 3.63) is 59.7 Å². The maximum Gasteiger partial charge on any atom is 0.225 e. The summed E-state index contributed by atoms with van der Waals surface area (Å²) >= 11 is 0. The second kappa shape index (κ2) is 10.8. The Bertz CT molecular complexity index is 859. The molecule has 1 N–H and O–H groups in total. The maximum atomic E-state index is 12.9. The summed E-state index contributed by atoms with van der Waals surface area (Å²) in [6, 6.07) is 15.6. The molecule has 1 aliphatic rings. The minimum atomic E-state index is -0.375. The molecule has 31 heavy (non-hydrogen) atoms. The molecule has 0 bridgehead atoms. The molecule has 0 saturated carbocycles. The Balaban J connectivity index is 1.61. The summed E-state index contributed by atoms with van der Waals surface area (Å²) in [6.07, 6.45) is 4.02. The predicted molar refractivity (Wildman–Crippen MR) is 123 cm³/mol. The molecule has 2 aromatic rings. The summed E-state index contributed by atoms with van der Waals surface area (Å²) in [5.74, 6) is 0.556. The Morgan fingerprint density at radius 2 is 1.68 bits per heavy atom. The number of methoxy groups -OCH3 is 1. The van der Waals surface area contributed by atoms with Gasteiger partial charge in [-0.05, 0) is 54.7 Å². The number of amides is 2.